The molecule has 4 rings (SSSR count). The van der Waals surface area contributed by atoms with Gasteiger partial charge in [-0.2, -0.15) is 18.2 Å². The van der Waals surface area contributed by atoms with E-state index in [1.54, 1.807) is 0 Å². The molecule has 0 aliphatic rings. The summed E-state index contributed by atoms with van der Waals surface area (Å²) in [4.78, 5) is 43.0. The van der Waals surface area contributed by atoms with Crippen LogP contribution in [0.25, 0.3) is 16.9 Å². The number of fused-ring (bicyclic) bond motifs is 3. The highest BCUT2D eigenvalue weighted by Gasteiger charge is 2.31. The van der Waals surface area contributed by atoms with E-state index in [0.29, 0.717) is 0 Å². The van der Waals surface area contributed by atoms with Gasteiger partial charge in [0.05, 0.1) is 17.7 Å². The van der Waals surface area contributed by atoms with Crippen molar-refractivity contribution in [3.05, 3.63) is 72.1 Å². The predicted octanol–water partition coefficient (Wildman–Crippen LogP) is 2.02. The number of aromatic nitrogens is 5. The van der Waals surface area contributed by atoms with E-state index < -0.39 is 34.4 Å². The smallest absolute Gasteiger partial charge is 0.416 e. The van der Waals surface area contributed by atoms with Gasteiger partial charge in [0.25, 0.3) is 11.1 Å². The van der Waals surface area contributed by atoms with E-state index in [1.165, 1.54) is 26.2 Å². The van der Waals surface area contributed by atoms with Crippen LogP contribution in [0.2, 0.25) is 0 Å². The largest absolute Gasteiger partial charge is 0.494 e. The molecular formula is C22H22F3N5O4. The molecule has 3 heterocycles. The zero-order chi connectivity index (χ0) is 25.1. The van der Waals surface area contributed by atoms with Crippen LogP contribution in [-0.4, -0.2) is 28.2 Å². The number of halogens is 3. The van der Waals surface area contributed by atoms with Crippen molar-refractivity contribution in [1.29, 1.82) is 0 Å². The van der Waals surface area contributed by atoms with Crippen molar-refractivity contribution in [3.8, 4) is 5.88 Å². The maximum absolute atomic E-state index is 13.4. The third kappa shape index (κ3) is 3.58. The van der Waals surface area contributed by atoms with Gasteiger partial charge in [-0.15, -0.1) is 0 Å². The quantitative estimate of drug-likeness (QED) is 0.485. The molecule has 0 saturated carbocycles. The van der Waals surface area contributed by atoms with Crippen LogP contribution in [0.4, 0.5) is 13.2 Å². The van der Waals surface area contributed by atoms with Gasteiger partial charge in [-0.3, -0.25) is 23.3 Å². The molecule has 0 radical (unpaired) electrons. The van der Waals surface area contributed by atoms with Crippen molar-refractivity contribution in [2.45, 2.75) is 33.0 Å². The van der Waals surface area contributed by atoms with Gasteiger partial charge >= 0.3 is 11.9 Å². The Labute approximate surface area is 189 Å². The van der Waals surface area contributed by atoms with Crippen LogP contribution in [0.3, 0.4) is 0 Å². The first-order valence-electron chi connectivity index (χ1n) is 10.4. The lowest BCUT2D eigenvalue weighted by Crippen LogP contribution is -2.37. The topological polar surface area (TPSA) is 104 Å². The zero-order valence-electron chi connectivity index (χ0n) is 18.8. The first-order chi connectivity index (χ1) is 15.8. The van der Waals surface area contributed by atoms with E-state index in [4.69, 9.17) is 0 Å². The number of nitrogens with zero attached hydrogens (tertiary/aromatic N) is 5. The number of hydrogen-bond donors (Lipinski definition) is 1. The van der Waals surface area contributed by atoms with Crippen molar-refractivity contribution in [1.82, 2.24) is 23.1 Å². The van der Waals surface area contributed by atoms with E-state index in [2.05, 4.69) is 4.98 Å². The molecule has 180 valence electrons. The van der Waals surface area contributed by atoms with Gasteiger partial charge in [0.2, 0.25) is 11.7 Å². The lowest BCUT2D eigenvalue weighted by atomic mass is 10.0. The minimum absolute atomic E-state index is 0.00955. The molecule has 0 saturated heterocycles. The van der Waals surface area contributed by atoms with E-state index >= 15 is 0 Å². The number of benzene rings is 1. The van der Waals surface area contributed by atoms with Crippen molar-refractivity contribution < 1.29 is 18.3 Å². The Hall–Kier alpha value is -3.83. The molecule has 1 aromatic carbocycles. The number of aryl methyl sites for hydroxylation is 1. The van der Waals surface area contributed by atoms with Gasteiger partial charge in [0, 0.05) is 14.1 Å². The van der Waals surface area contributed by atoms with Crippen LogP contribution in [-0.2, 0) is 33.2 Å². The van der Waals surface area contributed by atoms with E-state index in [1.807, 2.05) is 13.8 Å². The Bertz CT molecular complexity index is 1620. The molecule has 1 N–H and O–H groups in total. The third-order valence-electron chi connectivity index (χ3n) is 5.67. The summed E-state index contributed by atoms with van der Waals surface area (Å²) in [6, 6.07) is 4.52. The van der Waals surface area contributed by atoms with Crippen molar-refractivity contribution >= 4 is 16.9 Å². The van der Waals surface area contributed by atoms with Crippen molar-refractivity contribution in [3.63, 3.8) is 0 Å². The first-order valence-corrected chi connectivity index (χ1v) is 10.4. The Morgan fingerprint density at radius 1 is 1.06 bits per heavy atom. The average Bonchev–Trinajstić information content (AvgIpc) is 3.17. The second kappa shape index (κ2) is 7.89. The average molecular weight is 477 g/mol. The summed E-state index contributed by atoms with van der Waals surface area (Å²) in [6.45, 7) is 3.36. The molecule has 0 aliphatic heterocycles. The number of hydrogen-bond acceptors (Lipinski definition) is 5. The first kappa shape index (κ1) is 23.3. The summed E-state index contributed by atoms with van der Waals surface area (Å²) in [5.41, 5.74) is -2.94. The number of alkyl halides is 3. The second-order valence-electron chi connectivity index (χ2n) is 8.61. The Balaban J connectivity index is 2.12. The molecule has 0 atom stereocenters. The van der Waals surface area contributed by atoms with Crippen LogP contribution >= 0.6 is 0 Å². The zero-order valence-corrected chi connectivity index (χ0v) is 18.8. The maximum atomic E-state index is 13.4. The molecule has 0 spiro atoms. The van der Waals surface area contributed by atoms with E-state index in [0.717, 1.165) is 30.2 Å². The fourth-order valence-electron chi connectivity index (χ4n) is 4.01. The number of aromatic hydroxyl groups is 1. The van der Waals surface area contributed by atoms with Crippen LogP contribution in [0.15, 0.2) is 38.6 Å². The molecule has 34 heavy (non-hydrogen) atoms. The summed E-state index contributed by atoms with van der Waals surface area (Å²) < 4.78 is 43.8. The highest BCUT2D eigenvalue weighted by Crippen LogP contribution is 2.30. The van der Waals surface area contributed by atoms with Crippen LogP contribution < -0.4 is 16.8 Å². The molecule has 0 unspecified atom stereocenters. The van der Waals surface area contributed by atoms with Gasteiger partial charge in [0.1, 0.15) is 0 Å². The number of imidazole rings is 1. The number of rotatable bonds is 4. The standard InChI is InChI=1S/C22H22F3N5O4/c1-11(2)8-14-17(31)29(10-12-6-5-7-13(9-12)22(23,24)25)20-26-16-15(30(20)18(14)32)19(33)28(4)21(34)27(16)3/h5-7,9,11,32H,8,10H2,1-4H3. The summed E-state index contributed by atoms with van der Waals surface area (Å²) in [7, 11) is 2.66. The van der Waals surface area contributed by atoms with Gasteiger partial charge < -0.3 is 5.11 Å². The second-order valence-corrected chi connectivity index (χ2v) is 8.61. The van der Waals surface area contributed by atoms with E-state index in [-0.39, 0.29) is 47.0 Å². The molecule has 9 nitrogen and oxygen atoms in total. The molecule has 3 aromatic heterocycles. The fourth-order valence-corrected chi connectivity index (χ4v) is 4.01. The Morgan fingerprint density at radius 2 is 1.74 bits per heavy atom. The highest BCUT2D eigenvalue weighted by molar-refractivity contribution is 5.76. The monoisotopic (exact) mass is 477 g/mol. The third-order valence-corrected chi connectivity index (χ3v) is 5.67. The lowest BCUT2D eigenvalue weighted by molar-refractivity contribution is -0.137. The highest BCUT2D eigenvalue weighted by atomic mass is 19.4. The predicted molar refractivity (Wildman–Crippen MR) is 118 cm³/mol. The molecule has 0 aliphatic carbocycles. The van der Waals surface area contributed by atoms with Crippen molar-refractivity contribution in [2.75, 3.05) is 0 Å². The van der Waals surface area contributed by atoms with Gasteiger partial charge in [-0.25, -0.2) is 9.20 Å². The van der Waals surface area contributed by atoms with Gasteiger partial charge in [-0.05, 0) is 30.0 Å². The van der Waals surface area contributed by atoms with Gasteiger partial charge in [-0.1, -0.05) is 26.0 Å². The van der Waals surface area contributed by atoms with Crippen molar-refractivity contribution in [2.24, 2.45) is 20.0 Å². The normalized spacial score (nSPS) is 12.4. The fraction of sp³-hybridized carbons (Fsp3) is 0.364. The van der Waals surface area contributed by atoms with Gasteiger partial charge in [0.15, 0.2) is 11.2 Å². The minimum atomic E-state index is -4.57. The Morgan fingerprint density at radius 3 is 2.35 bits per heavy atom. The van der Waals surface area contributed by atoms with E-state index in [9.17, 15) is 32.7 Å². The molecule has 0 bridgehead atoms. The summed E-state index contributed by atoms with van der Waals surface area (Å²) in [5, 5.41) is 11.0. The van der Waals surface area contributed by atoms with Crippen LogP contribution in [0, 0.1) is 5.92 Å². The maximum Gasteiger partial charge on any atom is 0.416 e. The molecule has 0 fully saturated rings. The molecule has 0 amide bonds. The summed E-state index contributed by atoms with van der Waals surface area (Å²) in [6.07, 6.45) is -4.42. The minimum Gasteiger partial charge on any atom is -0.494 e. The summed E-state index contributed by atoms with van der Waals surface area (Å²) >= 11 is 0. The molecular weight excluding hydrogens is 455 g/mol. The van der Waals surface area contributed by atoms with Crippen LogP contribution in [0.1, 0.15) is 30.5 Å². The Kier molecular flexibility index (Phi) is 5.41. The molecule has 12 heteroatoms. The SMILES string of the molecule is CC(C)Cc1c(O)n2c3c(=O)n(C)c(=O)n(C)c3nc2n(Cc2cccc(C(F)(F)F)c2)c1=O. The summed E-state index contributed by atoms with van der Waals surface area (Å²) in [5.74, 6) is -0.715. The molecule has 4 aromatic rings. The lowest BCUT2D eigenvalue weighted by Gasteiger charge is -2.15. The van der Waals surface area contributed by atoms with Crippen LogP contribution in [0.5, 0.6) is 5.88 Å².